The van der Waals surface area contributed by atoms with Crippen molar-refractivity contribution in [1.82, 2.24) is 5.32 Å². The van der Waals surface area contributed by atoms with E-state index in [0.29, 0.717) is 13.2 Å². The maximum atomic E-state index is 12.4. The first-order valence-electron chi connectivity index (χ1n) is 8.21. The molecule has 0 spiro atoms. The highest BCUT2D eigenvalue weighted by Gasteiger charge is 2.36. The minimum absolute atomic E-state index is 0.0105. The van der Waals surface area contributed by atoms with Gasteiger partial charge in [0.1, 0.15) is 5.75 Å². The van der Waals surface area contributed by atoms with Crippen LogP contribution in [0.2, 0.25) is 0 Å². The number of hydrogen-bond acceptors (Lipinski definition) is 3. The zero-order valence-electron chi connectivity index (χ0n) is 14.4. The van der Waals surface area contributed by atoms with Crippen molar-refractivity contribution >= 4 is 17.5 Å². The standard InChI is InChI=1S/C18H26N2O3/c1-5-18(3,4)19-17(22)13-11-16(21)20(12-13)14-7-9-15(10-8-14)23-6-2/h7-10,13H,5-6,11-12H2,1-4H3,(H,19,22). The highest BCUT2D eigenvalue weighted by molar-refractivity contribution is 6.00. The number of nitrogens with one attached hydrogen (secondary N) is 1. The van der Waals surface area contributed by atoms with Crippen LogP contribution in [0.1, 0.15) is 40.5 Å². The highest BCUT2D eigenvalue weighted by Crippen LogP contribution is 2.27. The van der Waals surface area contributed by atoms with Gasteiger partial charge < -0.3 is 15.0 Å². The van der Waals surface area contributed by atoms with Crippen LogP contribution in [0.15, 0.2) is 24.3 Å². The predicted molar refractivity (Wildman–Crippen MR) is 90.6 cm³/mol. The first-order valence-corrected chi connectivity index (χ1v) is 8.21. The summed E-state index contributed by atoms with van der Waals surface area (Å²) in [7, 11) is 0. The summed E-state index contributed by atoms with van der Waals surface area (Å²) in [5, 5.41) is 3.03. The Morgan fingerprint density at radius 3 is 2.52 bits per heavy atom. The van der Waals surface area contributed by atoms with Crippen LogP contribution in [0.5, 0.6) is 5.75 Å². The van der Waals surface area contributed by atoms with Gasteiger partial charge in [-0.15, -0.1) is 0 Å². The Kier molecular flexibility index (Phi) is 5.29. The third-order valence-corrected chi connectivity index (χ3v) is 4.30. The molecule has 23 heavy (non-hydrogen) atoms. The van der Waals surface area contributed by atoms with E-state index in [0.717, 1.165) is 17.9 Å². The molecule has 5 heteroatoms. The second kappa shape index (κ2) is 7.02. The number of carbonyl (C=O) groups is 2. The van der Waals surface area contributed by atoms with Crippen LogP contribution in [0, 0.1) is 5.92 Å². The van der Waals surface area contributed by atoms with Crippen LogP contribution in [0.25, 0.3) is 0 Å². The van der Waals surface area contributed by atoms with E-state index in [1.807, 2.05) is 52.0 Å². The molecule has 1 aromatic carbocycles. The molecule has 1 heterocycles. The molecule has 1 N–H and O–H groups in total. The fourth-order valence-electron chi connectivity index (χ4n) is 2.55. The summed E-state index contributed by atoms with van der Waals surface area (Å²) < 4.78 is 5.41. The molecule has 1 unspecified atom stereocenters. The number of nitrogens with zero attached hydrogens (tertiary/aromatic N) is 1. The molecule has 1 aliphatic rings. The molecular formula is C18H26N2O3. The lowest BCUT2D eigenvalue weighted by atomic mass is 9.99. The Morgan fingerprint density at radius 2 is 1.96 bits per heavy atom. The molecule has 1 saturated heterocycles. The number of carbonyl (C=O) groups excluding carboxylic acids is 2. The molecule has 1 aliphatic heterocycles. The lowest BCUT2D eigenvalue weighted by molar-refractivity contribution is -0.127. The molecule has 1 fully saturated rings. The summed E-state index contributed by atoms with van der Waals surface area (Å²) in [5.41, 5.74) is 0.565. The fourth-order valence-corrected chi connectivity index (χ4v) is 2.55. The van der Waals surface area contributed by atoms with Crippen LogP contribution in [0.4, 0.5) is 5.69 Å². The van der Waals surface area contributed by atoms with Gasteiger partial charge in [-0.1, -0.05) is 6.92 Å². The largest absolute Gasteiger partial charge is 0.494 e. The molecule has 0 aromatic heterocycles. The number of hydrogen-bond donors (Lipinski definition) is 1. The van der Waals surface area contributed by atoms with E-state index in [1.165, 1.54) is 0 Å². The molecular weight excluding hydrogens is 292 g/mol. The van der Waals surface area contributed by atoms with Gasteiger partial charge in [-0.05, 0) is 51.5 Å². The van der Waals surface area contributed by atoms with Gasteiger partial charge in [0.25, 0.3) is 0 Å². The average Bonchev–Trinajstić information content (AvgIpc) is 2.90. The van der Waals surface area contributed by atoms with E-state index in [2.05, 4.69) is 5.32 Å². The lowest BCUT2D eigenvalue weighted by Gasteiger charge is -2.26. The molecule has 1 aromatic rings. The molecule has 126 valence electrons. The van der Waals surface area contributed by atoms with Crippen molar-refractivity contribution in [3.8, 4) is 5.75 Å². The van der Waals surface area contributed by atoms with E-state index in [1.54, 1.807) is 4.90 Å². The maximum Gasteiger partial charge on any atom is 0.227 e. The van der Waals surface area contributed by atoms with Crippen molar-refractivity contribution in [2.24, 2.45) is 5.92 Å². The molecule has 0 aliphatic carbocycles. The lowest BCUT2D eigenvalue weighted by Crippen LogP contribution is -2.46. The Balaban J connectivity index is 2.03. The monoisotopic (exact) mass is 318 g/mol. The zero-order valence-corrected chi connectivity index (χ0v) is 14.4. The van der Waals surface area contributed by atoms with Gasteiger partial charge in [0.2, 0.25) is 11.8 Å². The smallest absolute Gasteiger partial charge is 0.227 e. The van der Waals surface area contributed by atoms with E-state index in [9.17, 15) is 9.59 Å². The van der Waals surface area contributed by atoms with Gasteiger partial charge >= 0.3 is 0 Å². The van der Waals surface area contributed by atoms with Crippen molar-refractivity contribution in [3.63, 3.8) is 0 Å². The number of benzene rings is 1. The van der Waals surface area contributed by atoms with E-state index in [-0.39, 0.29) is 29.7 Å². The summed E-state index contributed by atoms with van der Waals surface area (Å²) in [6.07, 6.45) is 1.11. The number of ether oxygens (including phenoxy) is 1. The van der Waals surface area contributed by atoms with Crippen molar-refractivity contribution in [1.29, 1.82) is 0 Å². The second-order valence-corrected chi connectivity index (χ2v) is 6.56. The Labute approximate surface area is 138 Å². The molecule has 0 saturated carbocycles. The molecule has 0 bridgehead atoms. The van der Waals surface area contributed by atoms with Crippen LogP contribution in [-0.4, -0.2) is 30.5 Å². The molecule has 5 nitrogen and oxygen atoms in total. The normalized spacial score (nSPS) is 18.2. The molecule has 2 amide bonds. The highest BCUT2D eigenvalue weighted by atomic mass is 16.5. The molecule has 2 rings (SSSR count). The van der Waals surface area contributed by atoms with E-state index < -0.39 is 0 Å². The predicted octanol–water partition coefficient (Wildman–Crippen LogP) is 2.74. The summed E-state index contributed by atoms with van der Waals surface area (Å²) in [5.74, 6) is 0.434. The summed E-state index contributed by atoms with van der Waals surface area (Å²) in [4.78, 5) is 26.3. The Bertz CT molecular complexity index is 566. The Hall–Kier alpha value is -2.04. The second-order valence-electron chi connectivity index (χ2n) is 6.56. The number of anilines is 1. The van der Waals surface area contributed by atoms with E-state index >= 15 is 0 Å². The average molecular weight is 318 g/mol. The van der Waals surface area contributed by atoms with E-state index in [4.69, 9.17) is 4.74 Å². The number of rotatable bonds is 6. The fraction of sp³-hybridized carbons (Fsp3) is 0.556. The molecule has 0 radical (unpaired) electrons. The van der Waals surface area contributed by atoms with Crippen LogP contribution in [-0.2, 0) is 9.59 Å². The minimum Gasteiger partial charge on any atom is -0.494 e. The summed E-state index contributed by atoms with van der Waals surface area (Å²) in [6.45, 7) is 8.99. The van der Waals surface area contributed by atoms with Crippen LogP contribution < -0.4 is 15.0 Å². The van der Waals surface area contributed by atoms with Gasteiger partial charge in [-0.25, -0.2) is 0 Å². The van der Waals surface area contributed by atoms with Crippen molar-refractivity contribution in [2.45, 2.75) is 46.1 Å². The topological polar surface area (TPSA) is 58.6 Å². The first kappa shape index (κ1) is 17.3. The van der Waals surface area contributed by atoms with Gasteiger partial charge in [0.15, 0.2) is 0 Å². The summed E-state index contributed by atoms with van der Waals surface area (Å²) >= 11 is 0. The van der Waals surface area contributed by atoms with Crippen LogP contribution >= 0.6 is 0 Å². The SMILES string of the molecule is CCOc1ccc(N2CC(C(=O)NC(C)(C)CC)CC2=O)cc1. The maximum absolute atomic E-state index is 12.4. The van der Waals surface area contributed by atoms with Crippen molar-refractivity contribution in [3.05, 3.63) is 24.3 Å². The third kappa shape index (κ3) is 4.24. The Morgan fingerprint density at radius 1 is 1.30 bits per heavy atom. The third-order valence-electron chi connectivity index (χ3n) is 4.30. The van der Waals surface area contributed by atoms with Gasteiger partial charge in [0, 0.05) is 24.2 Å². The van der Waals surface area contributed by atoms with Crippen LogP contribution in [0.3, 0.4) is 0 Å². The van der Waals surface area contributed by atoms with Crippen molar-refractivity contribution in [2.75, 3.05) is 18.1 Å². The van der Waals surface area contributed by atoms with Gasteiger partial charge in [-0.2, -0.15) is 0 Å². The van der Waals surface area contributed by atoms with Crippen molar-refractivity contribution < 1.29 is 14.3 Å². The first-order chi connectivity index (χ1) is 10.9. The van der Waals surface area contributed by atoms with Gasteiger partial charge in [0.05, 0.1) is 12.5 Å². The number of amides is 2. The quantitative estimate of drug-likeness (QED) is 0.877. The summed E-state index contributed by atoms with van der Waals surface area (Å²) in [6, 6.07) is 7.41. The van der Waals surface area contributed by atoms with Gasteiger partial charge in [-0.3, -0.25) is 9.59 Å². The zero-order chi connectivity index (χ0) is 17.0. The minimum atomic E-state index is -0.292. The molecule has 1 atom stereocenters.